The number of hydrazone groups is 1. The third kappa shape index (κ3) is 5.67. The van der Waals surface area contributed by atoms with Gasteiger partial charge in [0, 0.05) is 18.2 Å². The highest BCUT2D eigenvalue weighted by molar-refractivity contribution is 8.76. The second-order valence-electron chi connectivity index (χ2n) is 5.35. The molecule has 0 spiro atoms. The van der Waals surface area contributed by atoms with Gasteiger partial charge in [-0.25, -0.2) is 9.78 Å². The van der Waals surface area contributed by atoms with Crippen molar-refractivity contribution in [3.63, 3.8) is 0 Å². The van der Waals surface area contributed by atoms with Crippen molar-refractivity contribution in [1.82, 2.24) is 4.98 Å². The van der Waals surface area contributed by atoms with E-state index in [1.807, 2.05) is 42.5 Å². The number of carbonyl (C=O) groups is 1. The van der Waals surface area contributed by atoms with E-state index in [1.165, 1.54) is 5.17 Å². The standard InChI is InChI=1S/C18H19N3O3S2/c22-18(23-13-14-25-26-17-10-4-5-11-19-17)24-21-16-9-2-1-7-15(16)8-3-6-12-20-21/h1-2,4-5,7,9-12H,3,6,8,13-14H2. The van der Waals surface area contributed by atoms with E-state index in [-0.39, 0.29) is 6.61 Å². The molecule has 1 aromatic heterocycles. The molecule has 0 bridgehead atoms. The molecule has 0 saturated heterocycles. The van der Waals surface area contributed by atoms with Crippen LogP contribution in [0.15, 0.2) is 58.8 Å². The number of rotatable bonds is 6. The smallest absolute Gasteiger partial charge is 0.432 e. The molecule has 1 aliphatic heterocycles. The lowest BCUT2D eigenvalue weighted by atomic mass is 10.1. The number of aromatic nitrogens is 1. The lowest BCUT2D eigenvalue weighted by molar-refractivity contribution is 0.0508. The molecular weight excluding hydrogens is 370 g/mol. The van der Waals surface area contributed by atoms with Crippen molar-refractivity contribution in [1.29, 1.82) is 0 Å². The van der Waals surface area contributed by atoms with E-state index in [0.717, 1.165) is 35.5 Å². The minimum atomic E-state index is -0.763. The number of para-hydroxylation sites is 1. The van der Waals surface area contributed by atoms with E-state index in [4.69, 9.17) is 9.57 Å². The Morgan fingerprint density at radius 2 is 2.08 bits per heavy atom. The van der Waals surface area contributed by atoms with Gasteiger partial charge in [-0.05, 0) is 53.8 Å². The molecule has 0 radical (unpaired) electrons. The summed E-state index contributed by atoms with van der Waals surface area (Å²) in [6.07, 6.45) is 5.51. The summed E-state index contributed by atoms with van der Waals surface area (Å²) in [6, 6.07) is 13.5. The van der Waals surface area contributed by atoms with Crippen molar-refractivity contribution in [2.24, 2.45) is 5.10 Å². The van der Waals surface area contributed by atoms with Gasteiger partial charge in [-0.3, -0.25) is 4.84 Å². The van der Waals surface area contributed by atoms with Crippen LogP contribution in [0.3, 0.4) is 0 Å². The summed E-state index contributed by atoms with van der Waals surface area (Å²) in [6.45, 7) is 0.253. The first-order chi connectivity index (χ1) is 12.8. The number of pyridine rings is 1. The van der Waals surface area contributed by atoms with Gasteiger partial charge in [-0.15, -0.1) is 5.10 Å². The van der Waals surface area contributed by atoms with E-state index in [2.05, 4.69) is 10.1 Å². The summed E-state index contributed by atoms with van der Waals surface area (Å²) in [5, 5.41) is 6.38. The molecule has 0 aliphatic carbocycles. The van der Waals surface area contributed by atoms with Crippen molar-refractivity contribution in [3.05, 3.63) is 54.2 Å². The van der Waals surface area contributed by atoms with Gasteiger partial charge in [0.25, 0.3) is 0 Å². The number of hydrogen-bond donors (Lipinski definition) is 0. The van der Waals surface area contributed by atoms with Gasteiger partial charge >= 0.3 is 6.16 Å². The fourth-order valence-corrected chi connectivity index (χ4v) is 4.02. The maximum atomic E-state index is 12.0. The Bertz CT molecular complexity index is 743. The molecule has 0 amide bonds. The Kier molecular flexibility index (Phi) is 7.21. The third-order valence-electron chi connectivity index (χ3n) is 3.49. The van der Waals surface area contributed by atoms with E-state index in [0.29, 0.717) is 5.75 Å². The topological polar surface area (TPSA) is 64.0 Å². The first-order valence-electron chi connectivity index (χ1n) is 8.28. The Labute approximate surface area is 160 Å². The molecule has 1 aliphatic rings. The molecule has 26 heavy (non-hydrogen) atoms. The number of nitrogens with zero attached hydrogens (tertiary/aromatic N) is 3. The van der Waals surface area contributed by atoms with Gasteiger partial charge in [0.2, 0.25) is 0 Å². The molecule has 0 saturated carbocycles. The lowest BCUT2D eigenvalue weighted by Gasteiger charge is -2.21. The van der Waals surface area contributed by atoms with Crippen LogP contribution in [0.25, 0.3) is 0 Å². The van der Waals surface area contributed by atoms with Crippen LogP contribution in [0, 0.1) is 0 Å². The molecule has 0 atom stereocenters. The molecule has 0 unspecified atom stereocenters. The third-order valence-corrected chi connectivity index (χ3v) is 5.72. The van der Waals surface area contributed by atoms with Gasteiger partial charge in [0.05, 0.1) is 0 Å². The van der Waals surface area contributed by atoms with Crippen LogP contribution in [-0.2, 0) is 16.0 Å². The van der Waals surface area contributed by atoms with Crippen molar-refractivity contribution in [2.75, 3.05) is 17.5 Å². The maximum absolute atomic E-state index is 12.0. The molecule has 0 fully saturated rings. The Hall–Kier alpha value is -2.19. The van der Waals surface area contributed by atoms with Crippen LogP contribution >= 0.6 is 21.6 Å². The number of ether oxygens (including phenoxy) is 1. The largest absolute Gasteiger partial charge is 0.535 e. The lowest BCUT2D eigenvalue weighted by Crippen LogP contribution is -2.25. The van der Waals surface area contributed by atoms with Crippen LogP contribution < -0.4 is 5.17 Å². The second kappa shape index (κ2) is 10.1. The fourth-order valence-electron chi connectivity index (χ4n) is 2.31. The molecule has 6 nitrogen and oxygen atoms in total. The zero-order valence-electron chi connectivity index (χ0n) is 14.1. The zero-order valence-corrected chi connectivity index (χ0v) is 15.7. The van der Waals surface area contributed by atoms with Crippen LogP contribution in [0.1, 0.15) is 18.4 Å². The van der Waals surface area contributed by atoms with E-state index >= 15 is 0 Å². The molecule has 0 N–H and O–H groups in total. The first kappa shape index (κ1) is 18.6. The van der Waals surface area contributed by atoms with Crippen LogP contribution in [-0.4, -0.2) is 29.7 Å². The fraction of sp³-hybridized carbons (Fsp3) is 0.278. The highest BCUT2D eigenvalue weighted by Crippen LogP contribution is 2.28. The number of hydrogen-bond acceptors (Lipinski definition) is 8. The number of benzene rings is 1. The summed E-state index contributed by atoms with van der Waals surface area (Å²) in [7, 11) is 3.11. The monoisotopic (exact) mass is 389 g/mol. The zero-order chi connectivity index (χ0) is 18.0. The number of carbonyl (C=O) groups excluding carboxylic acids is 1. The van der Waals surface area contributed by atoms with E-state index in [9.17, 15) is 4.79 Å². The van der Waals surface area contributed by atoms with Crippen molar-refractivity contribution in [3.8, 4) is 0 Å². The SMILES string of the molecule is O=C(OCCSSc1ccccn1)ON1N=CCCCc2ccccc21. The summed E-state index contributed by atoms with van der Waals surface area (Å²) in [5.74, 6) is 0.635. The minimum Gasteiger partial charge on any atom is -0.432 e. The normalized spacial score (nSPS) is 13.5. The van der Waals surface area contributed by atoms with Crippen LogP contribution in [0.4, 0.5) is 10.5 Å². The van der Waals surface area contributed by atoms with Gasteiger partial charge in [-0.1, -0.05) is 40.2 Å². The highest BCUT2D eigenvalue weighted by atomic mass is 33.1. The Morgan fingerprint density at radius 3 is 2.96 bits per heavy atom. The molecule has 136 valence electrons. The second-order valence-corrected chi connectivity index (χ2v) is 7.79. The summed E-state index contributed by atoms with van der Waals surface area (Å²) in [5.41, 5.74) is 1.86. The van der Waals surface area contributed by atoms with Crippen molar-refractivity contribution < 1.29 is 14.4 Å². The minimum absolute atomic E-state index is 0.253. The first-order valence-corrected chi connectivity index (χ1v) is 10.6. The van der Waals surface area contributed by atoms with E-state index < -0.39 is 6.16 Å². The summed E-state index contributed by atoms with van der Waals surface area (Å²) < 4.78 is 5.14. The maximum Gasteiger partial charge on any atom is 0.535 e. The summed E-state index contributed by atoms with van der Waals surface area (Å²) in [4.78, 5) is 21.4. The Morgan fingerprint density at radius 1 is 1.19 bits per heavy atom. The molecule has 2 heterocycles. The Balaban J connectivity index is 1.44. The van der Waals surface area contributed by atoms with Gasteiger partial charge in [0.15, 0.2) is 0 Å². The van der Waals surface area contributed by atoms with E-state index in [1.54, 1.807) is 34.0 Å². The molecule has 8 heteroatoms. The summed E-state index contributed by atoms with van der Waals surface area (Å²) >= 11 is 0. The predicted molar refractivity (Wildman–Crippen MR) is 105 cm³/mol. The average Bonchev–Trinajstić information content (AvgIpc) is 2.66. The highest BCUT2D eigenvalue weighted by Gasteiger charge is 2.17. The van der Waals surface area contributed by atoms with Crippen molar-refractivity contribution >= 4 is 39.6 Å². The molecule has 2 aromatic rings. The molecule has 3 rings (SSSR count). The van der Waals surface area contributed by atoms with Crippen molar-refractivity contribution in [2.45, 2.75) is 24.3 Å². The predicted octanol–water partition coefficient (Wildman–Crippen LogP) is 4.72. The average molecular weight is 390 g/mol. The van der Waals surface area contributed by atoms with Crippen LogP contribution in [0.2, 0.25) is 0 Å². The number of anilines is 1. The molecule has 1 aromatic carbocycles. The quantitative estimate of drug-likeness (QED) is 0.402. The number of fused-ring (bicyclic) bond motifs is 1. The van der Waals surface area contributed by atoms with Gasteiger partial charge in [0.1, 0.15) is 17.3 Å². The van der Waals surface area contributed by atoms with Gasteiger partial charge < -0.3 is 4.74 Å². The molecular formula is C18H19N3O3S2. The van der Waals surface area contributed by atoms with Crippen LogP contribution in [0.5, 0.6) is 0 Å². The van der Waals surface area contributed by atoms with Gasteiger partial charge in [-0.2, -0.15) is 0 Å². The number of aryl methyl sites for hydroxylation is 1.